The van der Waals surface area contributed by atoms with Crippen LogP contribution in [0.5, 0.6) is 5.75 Å². The van der Waals surface area contributed by atoms with Gasteiger partial charge >= 0.3 is 0 Å². The van der Waals surface area contributed by atoms with E-state index in [4.69, 9.17) is 14.4 Å². The summed E-state index contributed by atoms with van der Waals surface area (Å²) in [5, 5.41) is 25.0. The number of nitrogens with one attached hydrogen (secondary N) is 1. The average Bonchev–Trinajstić information content (AvgIpc) is 3.08. The van der Waals surface area contributed by atoms with Crippen molar-refractivity contribution in [3.8, 4) is 17.1 Å². The second kappa shape index (κ2) is 7.67. The number of nitrogens with zero attached hydrogens (tertiary/aromatic N) is 1. The minimum atomic E-state index is -0.410. The van der Waals surface area contributed by atoms with Crippen LogP contribution in [0, 0.1) is 0 Å². The Morgan fingerprint density at radius 2 is 2.24 bits per heavy atom. The third-order valence-electron chi connectivity index (χ3n) is 4.47. The van der Waals surface area contributed by atoms with Crippen LogP contribution in [0.25, 0.3) is 11.3 Å². The van der Waals surface area contributed by atoms with Crippen molar-refractivity contribution in [3.63, 3.8) is 0 Å². The number of aliphatic hydroxyl groups is 2. The standard InChI is InChI=1S/C18H22N2O5/c1-24-13-5-7-14-11(9-13)4-6-15-16(20-25-17(14)15)18(23)19-12(10-22)3-2-8-21/h5,7,9,12,21-22H,2-4,6,8,10H2,1H3,(H,19,23)/t12-/m0/s1. The second-order valence-electron chi connectivity index (χ2n) is 6.08. The number of aryl methyl sites for hydroxylation is 1. The van der Waals surface area contributed by atoms with Crippen LogP contribution in [-0.4, -0.2) is 47.6 Å². The van der Waals surface area contributed by atoms with E-state index in [-0.39, 0.29) is 24.8 Å². The van der Waals surface area contributed by atoms with Gasteiger partial charge in [-0.25, -0.2) is 0 Å². The molecule has 0 saturated heterocycles. The Balaban J connectivity index is 1.82. The molecular weight excluding hydrogens is 324 g/mol. The average molecular weight is 346 g/mol. The molecule has 0 radical (unpaired) electrons. The van der Waals surface area contributed by atoms with Gasteiger partial charge in [-0.1, -0.05) is 5.16 Å². The summed E-state index contributed by atoms with van der Waals surface area (Å²) < 4.78 is 10.7. The van der Waals surface area contributed by atoms with Crippen molar-refractivity contribution < 1.29 is 24.3 Å². The largest absolute Gasteiger partial charge is 0.497 e. The van der Waals surface area contributed by atoms with E-state index < -0.39 is 6.04 Å². The van der Waals surface area contributed by atoms with Gasteiger partial charge in [-0.2, -0.15) is 0 Å². The molecule has 1 amide bonds. The highest BCUT2D eigenvalue weighted by molar-refractivity contribution is 5.95. The molecule has 134 valence electrons. The van der Waals surface area contributed by atoms with Gasteiger partial charge in [0.25, 0.3) is 5.91 Å². The predicted octanol–water partition coefficient (Wildman–Crippen LogP) is 1.31. The Labute approximate surface area is 145 Å². The molecule has 0 saturated carbocycles. The van der Waals surface area contributed by atoms with Gasteiger partial charge in [0.2, 0.25) is 0 Å². The lowest BCUT2D eigenvalue weighted by molar-refractivity contribution is 0.0899. The van der Waals surface area contributed by atoms with Crippen molar-refractivity contribution in [2.24, 2.45) is 0 Å². The number of ether oxygens (including phenoxy) is 1. The number of amides is 1. The second-order valence-corrected chi connectivity index (χ2v) is 6.08. The quantitative estimate of drug-likeness (QED) is 0.698. The lowest BCUT2D eigenvalue weighted by atomic mass is 9.89. The van der Waals surface area contributed by atoms with Crippen molar-refractivity contribution in [1.29, 1.82) is 0 Å². The summed E-state index contributed by atoms with van der Waals surface area (Å²) in [7, 11) is 1.63. The zero-order valence-electron chi connectivity index (χ0n) is 14.1. The van der Waals surface area contributed by atoms with Crippen LogP contribution in [0.2, 0.25) is 0 Å². The Morgan fingerprint density at radius 1 is 1.40 bits per heavy atom. The lowest BCUT2D eigenvalue weighted by Gasteiger charge is -2.17. The van der Waals surface area contributed by atoms with Crippen LogP contribution >= 0.6 is 0 Å². The molecule has 1 heterocycles. The molecule has 0 spiro atoms. The number of fused-ring (bicyclic) bond motifs is 3. The van der Waals surface area contributed by atoms with E-state index in [0.717, 1.165) is 28.9 Å². The topological polar surface area (TPSA) is 105 Å². The predicted molar refractivity (Wildman–Crippen MR) is 90.6 cm³/mol. The zero-order valence-corrected chi connectivity index (χ0v) is 14.1. The maximum atomic E-state index is 12.5. The molecule has 3 rings (SSSR count). The monoisotopic (exact) mass is 346 g/mol. The third kappa shape index (κ3) is 3.52. The Hall–Kier alpha value is -2.38. The van der Waals surface area contributed by atoms with Gasteiger partial charge < -0.3 is 24.8 Å². The first-order chi connectivity index (χ1) is 12.2. The van der Waals surface area contributed by atoms with Gasteiger partial charge in [-0.05, 0) is 49.4 Å². The lowest BCUT2D eigenvalue weighted by Crippen LogP contribution is -2.38. The number of aliphatic hydroxyl groups excluding tert-OH is 2. The summed E-state index contributed by atoms with van der Waals surface area (Å²) in [4.78, 5) is 12.5. The van der Waals surface area contributed by atoms with Gasteiger partial charge in [0.1, 0.15) is 5.75 Å². The molecule has 1 atom stereocenters. The maximum absolute atomic E-state index is 12.5. The molecule has 1 aromatic carbocycles. The van der Waals surface area contributed by atoms with E-state index in [0.29, 0.717) is 25.0 Å². The molecule has 7 heteroatoms. The fraction of sp³-hybridized carbons (Fsp3) is 0.444. The van der Waals surface area contributed by atoms with Gasteiger partial charge in [0.15, 0.2) is 11.5 Å². The molecule has 1 aliphatic rings. The minimum absolute atomic E-state index is 0.0198. The van der Waals surface area contributed by atoms with E-state index in [1.807, 2.05) is 18.2 Å². The number of carbonyl (C=O) groups excluding carboxylic acids is 1. The SMILES string of the molecule is COc1ccc2c(c1)CCc1c(C(=O)N[C@H](CO)CCCO)noc1-2. The first-order valence-corrected chi connectivity index (χ1v) is 8.36. The number of hydrogen-bond acceptors (Lipinski definition) is 6. The van der Waals surface area contributed by atoms with Crippen LogP contribution in [0.1, 0.15) is 34.5 Å². The number of rotatable bonds is 7. The molecule has 0 bridgehead atoms. The molecule has 2 aromatic rings. The molecule has 1 aliphatic carbocycles. The van der Waals surface area contributed by atoms with E-state index in [1.165, 1.54) is 0 Å². The summed E-state index contributed by atoms with van der Waals surface area (Å²) >= 11 is 0. The van der Waals surface area contributed by atoms with Crippen LogP contribution in [0.4, 0.5) is 0 Å². The normalized spacial score (nSPS) is 13.7. The summed E-state index contributed by atoms with van der Waals surface area (Å²) in [6.45, 7) is -0.166. The van der Waals surface area contributed by atoms with Gasteiger partial charge in [-0.15, -0.1) is 0 Å². The Kier molecular flexibility index (Phi) is 5.35. The van der Waals surface area contributed by atoms with Gasteiger partial charge in [0, 0.05) is 17.7 Å². The van der Waals surface area contributed by atoms with Crippen LogP contribution in [0.15, 0.2) is 22.7 Å². The van der Waals surface area contributed by atoms with Crippen molar-refractivity contribution in [2.45, 2.75) is 31.7 Å². The highest BCUT2D eigenvalue weighted by Crippen LogP contribution is 2.36. The zero-order chi connectivity index (χ0) is 17.8. The number of aromatic nitrogens is 1. The summed E-state index contributed by atoms with van der Waals surface area (Å²) in [5.41, 5.74) is 3.08. The Morgan fingerprint density at radius 3 is 2.96 bits per heavy atom. The first kappa shape index (κ1) is 17.4. The highest BCUT2D eigenvalue weighted by atomic mass is 16.5. The summed E-state index contributed by atoms with van der Waals surface area (Å²) in [6, 6.07) is 5.33. The molecular formula is C18H22N2O5. The summed E-state index contributed by atoms with van der Waals surface area (Å²) in [5.74, 6) is 1.04. The van der Waals surface area contributed by atoms with Crippen molar-refractivity contribution in [1.82, 2.24) is 10.5 Å². The van der Waals surface area contributed by atoms with Crippen molar-refractivity contribution >= 4 is 5.91 Å². The van der Waals surface area contributed by atoms with E-state index in [9.17, 15) is 9.90 Å². The molecule has 0 fully saturated rings. The number of carbonyl (C=O) groups is 1. The van der Waals surface area contributed by atoms with E-state index >= 15 is 0 Å². The van der Waals surface area contributed by atoms with E-state index in [2.05, 4.69) is 10.5 Å². The van der Waals surface area contributed by atoms with E-state index in [1.54, 1.807) is 7.11 Å². The van der Waals surface area contributed by atoms with Crippen LogP contribution in [-0.2, 0) is 12.8 Å². The Bertz CT molecular complexity index is 756. The van der Waals surface area contributed by atoms with Gasteiger partial charge in [0.05, 0.1) is 19.8 Å². The first-order valence-electron chi connectivity index (χ1n) is 8.36. The van der Waals surface area contributed by atoms with Crippen LogP contribution in [0.3, 0.4) is 0 Å². The summed E-state index contributed by atoms with van der Waals surface area (Å²) in [6.07, 6.45) is 2.44. The van der Waals surface area contributed by atoms with Crippen molar-refractivity contribution in [3.05, 3.63) is 35.0 Å². The number of benzene rings is 1. The molecule has 7 nitrogen and oxygen atoms in total. The third-order valence-corrected chi connectivity index (χ3v) is 4.47. The molecule has 0 aliphatic heterocycles. The molecule has 1 aromatic heterocycles. The smallest absolute Gasteiger partial charge is 0.274 e. The number of methoxy groups -OCH3 is 1. The maximum Gasteiger partial charge on any atom is 0.274 e. The molecule has 0 unspecified atom stereocenters. The molecule has 25 heavy (non-hydrogen) atoms. The minimum Gasteiger partial charge on any atom is -0.497 e. The highest BCUT2D eigenvalue weighted by Gasteiger charge is 2.28. The fourth-order valence-electron chi connectivity index (χ4n) is 3.12. The van der Waals surface area contributed by atoms with Crippen molar-refractivity contribution in [2.75, 3.05) is 20.3 Å². The fourth-order valence-corrected chi connectivity index (χ4v) is 3.12. The molecule has 3 N–H and O–H groups in total. The van der Waals surface area contributed by atoms with Crippen LogP contribution < -0.4 is 10.1 Å². The van der Waals surface area contributed by atoms with Gasteiger partial charge in [-0.3, -0.25) is 4.79 Å². The number of hydrogen-bond donors (Lipinski definition) is 3.